The van der Waals surface area contributed by atoms with Gasteiger partial charge in [-0.15, -0.1) is 11.6 Å². The summed E-state index contributed by atoms with van der Waals surface area (Å²) in [6.07, 6.45) is -4.57. The third kappa shape index (κ3) is 20.4. The quantitative estimate of drug-likeness (QED) is 0.135. The second-order valence-corrected chi connectivity index (χ2v) is 29.8. The van der Waals surface area contributed by atoms with Crippen LogP contribution in [0.5, 0.6) is 0 Å². The van der Waals surface area contributed by atoms with Gasteiger partial charge in [-0.2, -0.15) is 26.3 Å². The molecule has 1 spiro atoms. The molecule has 4 aliphatic carbocycles. The van der Waals surface area contributed by atoms with Crippen LogP contribution < -0.4 is 21.3 Å². The number of nitrogens with one attached hydrogen (secondary N) is 4. The maximum atomic E-state index is 15.3. The monoisotopic (exact) mass is 1390 g/mol. The predicted octanol–water partition coefficient (Wildman–Crippen LogP) is 6.55. The summed E-state index contributed by atoms with van der Waals surface area (Å²) in [6, 6.07) is -8.10. The molecule has 4 N–H and O–H groups in total. The fraction of sp³-hybridized carbons (Fsp3) is 0.836. The number of carbonyl (C=O) groups excluding carboxylic acids is 11. The maximum absolute atomic E-state index is 15.3. The Labute approximate surface area is 566 Å². The fourth-order valence-corrected chi connectivity index (χ4v) is 15.9. The van der Waals surface area contributed by atoms with Crippen LogP contribution in [0.3, 0.4) is 0 Å². The average Bonchev–Trinajstić information content (AvgIpc) is 1.53. The van der Waals surface area contributed by atoms with E-state index in [1.54, 1.807) is 13.8 Å². The number of hydrogen-bond donors (Lipinski definition) is 4. The first-order chi connectivity index (χ1) is 44.9. The minimum Gasteiger partial charge on any atom is -0.351 e. The molecule has 3 unspecified atom stereocenters. The van der Waals surface area contributed by atoms with Crippen molar-refractivity contribution in [2.75, 3.05) is 68.5 Å². The summed E-state index contributed by atoms with van der Waals surface area (Å²) in [6.45, 7) is 7.00. The van der Waals surface area contributed by atoms with E-state index in [4.69, 9.17) is 11.6 Å². The second kappa shape index (κ2) is 34.2. The number of likely N-dealkylation sites (N-methyl/N-ethyl adjacent to an activating group) is 6. The number of rotatable bonds is 10. The summed E-state index contributed by atoms with van der Waals surface area (Å²) >= 11 is 6.35. The Morgan fingerprint density at radius 3 is 1.76 bits per heavy atom. The lowest BCUT2D eigenvalue weighted by Crippen LogP contribution is -2.64. The minimum atomic E-state index is -4.54. The molecular formula is C67H106ClF6N11O11. The first-order valence-electron chi connectivity index (χ1n) is 34.7. The van der Waals surface area contributed by atoms with Gasteiger partial charge in [0.1, 0.15) is 41.8 Å². The zero-order valence-electron chi connectivity index (χ0n) is 58.0. The van der Waals surface area contributed by atoms with E-state index in [0.717, 1.165) is 32.4 Å². The van der Waals surface area contributed by atoms with E-state index in [1.165, 1.54) is 57.0 Å². The number of alkyl halides is 7. The Kier molecular flexibility index (Phi) is 28.2. The number of fused-ring (bicyclic) bond motifs is 1. The molecule has 0 radical (unpaired) electrons. The Bertz CT molecular complexity index is 2760. The summed E-state index contributed by atoms with van der Waals surface area (Å²) in [5, 5.41) is 10.4. The van der Waals surface area contributed by atoms with Gasteiger partial charge in [0, 0.05) is 66.7 Å². The third-order valence-electron chi connectivity index (χ3n) is 21.5. The molecule has 0 aromatic carbocycles. The molecule has 11 atom stereocenters. The average molecular weight is 1390 g/mol. The van der Waals surface area contributed by atoms with Gasteiger partial charge in [0.2, 0.25) is 65.0 Å². The van der Waals surface area contributed by atoms with Gasteiger partial charge < -0.3 is 55.6 Å². The van der Waals surface area contributed by atoms with Gasteiger partial charge >= 0.3 is 12.4 Å². The zero-order valence-corrected chi connectivity index (χ0v) is 58.8. The standard InChI is InChI=1S/C67H106ClF6N11O11/c1-12-40(4)56-63(95)81(8)37-54(88)79(6)38-55(89)83(10)51(35-43-21-25-45(26-22-43)66(69,70)71)62(94)80(7)36-52(86)76-48(28-24-42-23-27-46(47(68)34-42)67(72,73)74)61(93)85-31-17-20-49(85)59(91)78-65(29-15-16-30-65)64(96)84(11)57(44-18-13-14-19-44)60(92)75-41(5)33-53(87)82(9)50(32-39(2)3)58(90)77-56/h39-51,56-57H,12-38H2,1-11H3,(H,75,92)(H,76,86)(H,77,90)(H,78,91)/t40-,41+,42?,43?,45?,46?,47?,48-,49-,50-,51-,56-,57-/m0/s1. The number of amides is 11. The van der Waals surface area contributed by atoms with Crippen molar-refractivity contribution < 1.29 is 79.1 Å². The Morgan fingerprint density at radius 1 is 0.583 bits per heavy atom. The number of nitrogens with zero attached hydrogens (tertiary/aromatic N) is 7. The molecule has 6 rings (SSSR count). The van der Waals surface area contributed by atoms with Crippen molar-refractivity contribution in [2.45, 2.75) is 248 Å². The lowest BCUT2D eigenvalue weighted by Gasteiger charge is -2.40. The molecule has 544 valence electrons. The first-order valence-corrected chi connectivity index (χ1v) is 35.2. The van der Waals surface area contributed by atoms with Crippen molar-refractivity contribution in [3.05, 3.63) is 0 Å². The molecule has 22 nitrogen and oxygen atoms in total. The van der Waals surface area contributed by atoms with Crippen molar-refractivity contribution >= 4 is 76.6 Å². The predicted molar refractivity (Wildman–Crippen MR) is 345 cm³/mol. The van der Waals surface area contributed by atoms with Gasteiger partial charge in [0.15, 0.2) is 0 Å². The molecule has 6 fully saturated rings. The third-order valence-corrected chi connectivity index (χ3v) is 22.0. The largest absolute Gasteiger partial charge is 0.393 e. The molecule has 2 heterocycles. The lowest BCUT2D eigenvalue weighted by atomic mass is 9.78. The van der Waals surface area contributed by atoms with E-state index in [9.17, 15) is 69.5 Å². The molecule has 0 bridgehead atoms. The van der Waals surface area contributed by atoms with E-state index >= 15 is 9.59 Å². The van der Waals surface area contributed by atoms with Crippen molar-refractivity contribution in [1.29, 1.82) is 0 Å². The highest BCUT2D eigenvalue weighted by molar-refractivity contribution is 6.20. The van der Waals surface area contributed by atoms with Crippen LogP contribution in [0.25, 0.3) is 0 Å². The second-order valence-electron chi connectivity index (χ2n) is 29.2. The number of halogens is 7. The Balaban J connectivity index is 1.36. The lowest BCUT2D eigenvalue weighted by molar-refractivity contribution is -0.184. The molecule has 29 heteroatoms. The molecule has 4 saturated carbocycles. The summed E-state index contributed by atoms with van der Waals surface area (Å²) in [5.41, 5.74) is -1.51. The minimum absolute atomic E-state index is 0.0379. The van der Waals surface area contributed by atoms with Crippen molar-refractivity contribution in [1.82, 2.24) is 55.6 Å². The van der Waals surface area contributed by atoms with E-state index < -0.39 is 180 Å². The summed E-state index contributed by atoms with van der Waals surface area (Å²) < 4.78 is 83.5. The first kappa shape index (κ1) is 79.0. The number of carbonyl (C=O) groups is 11. The van der Waals surface area contributed by atoms with Gasteiger partial charge in [-0.25, -0.2) is 0 Å². The highest BCUT2D eigenvalue weighted by atomic mass is 35.5. The molecule has 6 aliphatic rings. The van der Waals surface area contributed by atoms with E-state index in [-0.39, 0.29) is 115 Å². The van der Waals surface area contributed by atoms with Crippen LogP contribution in [0, 0.1) is 41.4 Å². The van der Waals surface area contributed by atoms with Crippen LogP contribution in [0.4, 0.5) is 26.3 Å². The van der Waals surface area contributed by atoms with Crippen LogP contribution >= 0.6 is 11.6 Å². The van der Waals surface area contributed by atoms with Crippen LogP contribution in [-0.4, -0.2) is 233 Å². The Morgan fingerprint density at radius 2 is 1.18 bits per heavy atom. The van der Waals surface area contributed by atoms with Crippen LogP contribution in [-0.2, 0) is 52.7 Å². The van der Waals surface area contributed by atoms with Crippen molar-refractivity contribution in [2.24, 2.45) is 41.4 Å². The van der Waals surface area contributed by atoms with Crippen LogP contribution in [0.2, 0.25) is 0 Å². The van der Waals surface area contributed by atoms with E-state index in [0.29, 0.717) is 38.5 Å². The highest BCUT2D eigenvalue weighted by Crippen LogP contribution is 2.45. The van der Waals surface area contributed by atoms with E-state index in [1.807, 2.05) is 20.8 Å². The fourth-order valence-electron chi connectivity index (χ4n) is 15.4. The maximum Gasteiger partial charge on any atom is 0.393 e. The molecule has 96 heavy (non-hydrogen) atoms. The van der Waals surface area contributed by atoms with Gasteiger partial charge in [0.25, 0.3) is 0 Å². The molecule has 11 amide bonds. The van der Waals surface area contributed by atoms with Crippen molar-refractivity contribution in [3.8, 4) is 0 Å². The highest BCUT2D eigenvalue weighted by Gasteiger charge is 2.52. The molecule has 2 aliphatic heterocycles. The molecule has 2 saturated heterocycles. The number of hydrogen-bond acceptors (Lipinski definition) is 11. The SMILES string of the molecule is CC[C@H](C)[C@@H]1NC(=O)[C@H](CC(C)C)N(C)C(=O)C[C@@H](C)NC(=O)[C@H](C2CCCC2)N(C)C(=O)C2(CCCC2)NC(=O)[C@@H]2CCCN2C(=O)[C@H](CCC2CCC(C(F)(F)F)C(Cl)C2)NC(=O)CN(C)C(=O)[C@H](CC2CCC(C(F)(F)F)CC2)N(C)C(=O)CN(C)C(=O)CN(C)C1=O. The molecular weight excluding hydrogens is 1280 g/mol. The summed E-state index contributed by atoms with van der Waals surface area (Å²) in [4.78, 5) is 169. The van der Waals surface area contributed by atoms with Gasteiger partial charge in [0.05, 0.1) is 31.5 Å². The zero-order chi connectivity index (χ0) is 71.5. The van der Waals surface area contributed by atoms with Gasteiger partial charge in [-0.1, -0.05) is 59.8 Å². The topological polar surface area (TPSA) is 259 Å². The van der Waals surface area contributed by atoms with Crippen molar-refractivity contribution in [3.63, 3.8) is 0 Å². The molecule has 0 aromatic heterocycles. The smallest absolute Gasteiger partial charge is 0.351 e. The van der Waals surface area contributed by atoms with Crippen LogP contribution in [0.15, 0.2) is 0 Å². The van der Waals surface area contributed by atoms with E-state index in [2.05, 4.69) is 21.3 Å². The normalized spacial score (nSPS) is 31.2. The Hall–Kier alpha value is -5.96. The summed E-state index contributed by atoms with van der Waals surface area (Å²) in [5.74, 6) is -12.5. The molecule has 0 aromatic rings. The summed E-state index contributed by atoms with van der Waals surface area (Å²) in [7, 11) is 8.19. The van der Waals surface area contributed by atoms with Gasteiger partial charge in [-0.05, 0) is 146 Å². The van der Waals surface area contributed by atoms with Gasteiger partial charge in [-0.3, -0.25) is 52.7 Å². The van der Waals surface area contributed by atoms with Crippen LogP contribution in [0.1, 0.15) is 182 Å².